The maximum Gasteiger partial charge on any atom is 0.242 e. The second-order valence-corrected chi connectivity index (χ2v) is 7.07. The van der Waals surface area contributed by atoms with E-state index in [-0.39, 0.29) is 10.9 Å². The van der Waals surface area contributed by atoms with Gasteiger partial charge in [-0.2, -0.15) is 11.3 Å². The van der Waals surface area contributed by atoms with Crippen molar-refractivity contribution in [3.8, 4) is 0 Å². The van der Waals surface area contributed by atoms with E-state index in [0.717, 1.165) is 5.56 Å². The molecule has 0 aliphatic rings. The molecule has 0 spiro atoms. The zero-order valence-corrected chi connectivity index (χ0v) is 13.1. The Morgan fingerprint density at radius 3 is 2.65 bits per heavy atom. The van der Waals surface area contributed by atoms with E-state index in [1.54, 1.807) is 42.6 Å². The molecule has 1 aromatic heterocycles. The summed E-state index contributed by atoms with van der Waals surface area (Å²) in [6.45, 7) is 1.87. The summed E-state index contributed by atoms with van der Waals surface area (Å²) in [6.07, 6.45) is 0.685. The number of benzene rings is 1. The van der Waals surface area contributed by atoms with Gasteiger partial charge in [-0.25, -0.2) is 13.1 Å². The Morgan fingerprint density at radius 1 is 1.25 bits per heavy atom. The molecule has 1 heterocycles. The Kier molecular flexibility index (Phi) is 4.80. The maximum absolute atomic E-state index is 12.4. The van der Waals surface area contributed by atoms with Crippen molar-refractivity contribution >= 4 is 27.0 Å². The second kappa shape index (κ2) is 6.39. The Balaban J connectivity index is 2.14. The summed E-state index contributed by atoms with van der Waals surface area (Å²) in [5, 5.41) is 6.93. The van der Waals surface area contributed by atoms with Gasteiger partial charge in [0.15, 0.2) is 0 Å². The van der Waals surface area contributed by atoms with Crippen LogP contribution in [0.4, 0.5) is 5.69 Å². The molecular weight excluding hydrogens is 292 g/mol. The molecule has 2 rings (SSSR count). The molecule has 1 unspecified atom stereocenters. The van der Waals surface area contributed by atoms with Crippen LogP contribution < -0.4 is 10.0 Å². The predicted molar refractivity (Wildman–Crippen MR) is 83.8 cm³/mol. The molecule has 2 N–H and O–H groups in total. The largest absolute Gasteiger partial charge is 0.387 e. The van der Waals surface area contributed by atoms with Gasteiger partial charge < -0.3 is 5.32 Å². The number of para-hydroxylation sites is 1. The number of sulfonamides is 1. The van der Waals surface area contributed by atoms with Gasteiger partial charge in [0.2, 0.25) is 10.0 Å². The third kappa shape index (κ3) is 3.59. The zero-order chi connectivity index (χ0) is 14.6. The van der Waals surface area contributed by atoms with Gasteiger partial charge in [0.05, 0.1) is 5.69 Å². The van der Waals surface area contributed by atoms with Gasteiger partial charge in [-0.05, 0) is 47.9 Å². The average molecular weight is 310 g/mol. The van der Waals surface area contributed by atoms with Crippen LogP contribution in [0.25, 0.3) is 0 Å². The summed E-state index contributed by atoms with van der Waals surface area (Å²) in [7, 11) is -1.80. The van der Waals surface area contributed by atoms with Crippen molar-refractivity contribution in [1.82, 2.24) is 4.72 Å². The quantitative estimate of drug-likeness (QED) is 0.862. The minimum Gasteiger partial charge on any atom is -0.387 e. The first kappa shape index (κ1) is 15.0. The Labute approximate surface area is 123 Å². The van der Waals surface area contributed by atoms with Gasteiger partial charge in [-0.1, -0.05) is 12.1 Å². The standard InChI is InChI=1S/C14H18N2O2S2/c1-11(9-12-7-8-19-10-12)16-20(17,18)14-6-4-3-5-13(14)15-2/h3-8,10-11,15-16H,9H2,1-2H3. The molecule has 20 heavy (non-hydrogen) atoms. The molecule has 0 bridgehead atoms. The second-order valence-electron chi connectivity index (χ2n) is 4.60. The first-order valence-corrected chi connectivity index (χ1v) is 8.75. The minimum atomic E-state index is -3.51. The van der Waals surface area contributed by atoms with E-state index in [1.165, 1.54) is 0 Å². The molecule has 0 aliphatic carbocycles. The maximum atomic E-state index is 12.4. The molecule has 0 saturated carbocycles. The fourth-order valence-electron chi connectivity index (χ4n) is 2.04. The van der Waals surface area contributed by atoms with Crippen LogP contribution in [0.2, 0.25) is 0 Å². The summed E-state index contributed by atoms with van der Waals surface area (Å²) in [5.41, 5.74) is 1.75. The number of thiophene rings is 1. The van der Waals surface area contributed by atoms with Crippen LogP contribution in [0, 0.1) is 0 Å². The van der Waals surface area contributed by atoms with E-state index in [9.17, 15) is 8.42 Å². The smallest absolute Gasteiger partial charge is 0.242 e. The molecule has 2 aromatic rings. The lowest BCUT2D eigenvalue weighted by atomic mass is 10.1. The number of anilines is 1. The van der Waals surface area contributed by atoms with Crippen molar-refractivity contribution in [2.45, 2.75) is 24.3 Å². The molecule has 0 amide bonds. The van der Waals surface area contributed by atoms with Gasteiger partial charge >= 0.3 is 0 Å². The van der Waals surface area contributed by atoms with Crippen molar-refractivity contribution in [2.75, 3.05) is 12.4 Å². The number of hydrogen-bond donors (Lipinski definition) is 2. The lowest BCUT2D eigenvalue weighted by Gasteiger charge is -2.15. The Bertz CT molecular complexity index is 652. The van der Waals surface area contributed by atoms with Crippen LogP contribution in [0.3, 0.4) is 0 Å². The molecule has 0 aliphatic heterocycles. The van der Waals surface area contributed by atoms with Gasteiger partial charge in [0, 0.05) is 13.1 Å². The highest BCUT2D eigenvalue weighted by molar-refractivity contribution is 7.89. The highest BCUT2D eigenvalue weighted by Crippen LogP contribution is 2.20. The zero-order valence-electron chi connectivity index (χ0n) is 11.5. The summed E-state index contributed by atoms with van der Waals surface area (Å²) in [4.78, 5) is 0.277. The molecule has 1 aromatic carbocycles. The van der Waals surface area contributed by atoms with Crippen molar-refractivity contribution in [2.24, 2.45) is 0 Å². The van der Waals surface area contributed by atoms with E-state index in [0.29, 0.717) is 12.1 Å². The number of hydrogen-bond acceptors (Lipinski definition) is 4. The molecule has 6 heteroatoms. The fraction of sp³-hybridized carbons (Fsp3) is 0.286. The molecule has 0 radical (unpaired) electrons. The lowest BCUT2D eigenvalue weighted by Crippen LogP contribution is -2.34. The van der Waals surface area contributed by atoms with Crippen LogP contribution in [0.5, 0.6) is 0 Å². The fourth-order valence-corrected chi connectivity index (χ4v) is 4.18. The normalized spacial score (nSPS) is 13.1. The summed E-state index contributed by atoms with van der Waals surface area (Å²) < 4.78 is 27.5. The Hall–Kier alpha value is -1.37. The van der Waals surface area contributed by atoms with E-state index >= 15 is 0 Å². The number of rotatable bonds is 6. The Morgan fingerprint density at radius 2 is 2.00 bits per heavy atom. The molecule has 108 valence electrons. The number of nitrogens with one attached hydrogen (secondary N) is 2. The van der Waals surface area contributed by atoms with Crippen LogP contribution in [0.1, 0.15) is 12.5 Å². The van der Waals surface area contributed by atoms with Crippen LogP contribution in [0.15, 0.2) is 46.0 Å². The first-order valence-electron chi connectivity index (χ1n) is 6.33. The van der Waals surface area contributed by atoms with E-state index in [2.05, 4.69) is 10.0 Å². The van der Waals surface area contributed by atoms with E-state index in [4.69, 9.17) is 0 Å². The predicted octanol–water partition coefficient (Wildman–Crippen LogP) is 2.70. The van der Waals surface area contributed by atoms with Crippen molar-refractivity contribution in [3.63, 3.8) is 0 Å². The minimum absolute atomic E-state index is 0.153. The summed E-state index contributed by atoms with van der Waals surface area (Å²) >= 11 is 1.61. The van der Waals surface area contributed by atoms with Crippen molar-refractivity contribution in [3.05, 3.63) is 46.7 Å². The van der Waals surface area contributed by atoms with Gasteiger partial charge in [0.25, 0.3) is 0 Å². The van der Waals surface area contributed by atoms with Crippen molar-refractivity contribution in [1.29, 1.82) is 0 Å². The molecule has 1 atom stereocenters. The first-order chi connectivity index (χ1) is 9.53. The molecule has 0 fully saturated rings. The topological polar surface area (TPSA) is 58.2 Å². The summed E-state index contributed by atoms with van der Waals surface area (Å²) in [6, 6.07) is 8.73. The monoisotopic (exact) mass is 310 g/mol. The molecule has 0 saturated heterocycles. The van der Waals surface area contributed by atoms with E-state index < -0.39 is 10.0 Å². The highest BCUT2D eigenvalue weighted by atomic mass is 32.2. The summed E-state index contributed by atoms with van der Waals surface area (Å²) in [5.74, 6) is 0. The van der Waals surface area contributed by atoms with Gasteiger partial charge in [-0.15, -0.1) is 0 Å². The van der Waals surface area contributed by atoms with Crippen LogP contribution >= 0.6 is 11.3 Å². The third-order valence-electron chi connectivity index (χ3n) is 2.92. The van der Waals surface area contributed by atoms with Crippen molar-refractivity contribution < 1.29 is 8.42 Å². The van der Waals surface area contributed by atoms with Crippen LogP contribution in [-0.4, -0.2) is 21.5 Å². The van der Waals surface area contributed by atoms with Crippen LogP contribution in [-0.2, 0) is 16.4 Å². The molecular formula is C14H18N2O2S2. The van der Waals surface area contributed by atoms with Gasteiger partial charge in [-0.3, -0.25) is 0 Å². The molecule has 4 nitrogen and oxygen atoms in total. The average Bonchev–Trinajstić information content (AvgIpc) is 2.90. The van der Waals surface area contributed by atoms with Gasteiger partial charge in [0.1, 0.15) is 4.90 Å². The third-order valence-corrected chi connectivity index (χ3v) is 5.30. The SMILES string of the molecule is CNc1ccccc1S(=O)(=O)NC(C)Cc1ccsc1. The van der Waals surface area contributed by atoms with E-state index in [1.807, 2.05) is 23.8 Å². The lowest BCUT2D eigenvalue weighted by molar-refractivity contribution is 0.560. The highest BCUT2D eigenvalue weighted by Gasteiger charge is 2.20.